The molecule has 0 radical (unpaired) electrons. The number of hydrogen-bond acceptors (Lipinski definition) is 3. The lowest BCUT2D eigenvalue weighted by molar-refractivity contribution is -0.124. The first-order valence-corrected chi connectivity index (χ1v) is 7.59. The maximum Gasteiger partial charge on any atom is 0.324 e. The molecule has 1 atom stereocenters. The van der Waals surface area contributed by atoms with Crippen LogP contribution >= 0.6 is 0 Å². The molecule has 0 aliphatic carbocycles. The molecule has 3 rings (SSSR count). The molecule has 1 aromatic carbocycles. The molecular formula is C16H21N3O2. The molecule has 3 amide bonds. The second-order valence-corrected chi connectivity index (χ2v) is 5.79. The summed E-state index contributed by atoms with van der Waals surface area (Å²) in [5.74, 6) is 0.430. The molecule has 1 fully saturated rings. The van der Waals surface area contributed by atoms with E-state index in [2.05, 4.69) is 41.4 Å². The van der Waals surface area contributed by atoms with Gasteiger partial charge in [0.2, 0.25) is 5.91 Å². The monoisotopic (exact) mass is 287 g/mol. The number of nitrogens with one attached hydrogen (secondary N) is 1. The van der Waals surface area contributed by atoms with Gasteiger partial charge in [0.25, 0.3) is 0 Å². The highest BCUT2D eigenvalue weighted by molar-refractivity contribution is 6.01. The van der Waals surface area contributed by atoms with Crippen molar-refractivity contribution in [1.82, 2.24) is 10.2 Å². The van der Waals surface area contributed by atoms with Crippen molar-refractivity contribution in [3.05, 3.63) is 29.8 Å². The smallest absolute Gasteiger partial charge is 0.324 e. The summed E-state index contributed by atoms with van der Waals surface area (Å²) in [5, 5.41) is 2.56. The Hall–Kier alpha value is -2.04. The number of urea groups is 1. The third-order valence-corrected chi connectivity index (χ3v) is 4.40. The number of benzene rings is 1. The maximum atomic E-state index is 11.6. The van der Waals surface area contributed by atoms with Gasteiger partial charge in [0, 0.05) is 25.3 Å². The number of anilines is 1. The summed E-state index contributed by atoms with van der Waals surface area (Å²) in [6, 6.07) is 8.19. The minimum Gasteiger partial charge on any atom is -0.370 e. The van der Waals surface area contributed by atoms with Crippen molar-refractivity contribution in [1.29, 1.82) is 0 Å². The molecule has 2 aliphatic rings. The van der Waals surface area contributed by atoms with E-state index in [4.69, 9.17) is 0 Å². The molecule has 1 N–H and O–H groups in total. The molecule has 5 heteroatoms. The predicted molar refractivity (Wildman–Crippen MR) is 81.4 cm³/mol. The van der Waals surface area contributed by atoms with Gasteiger partial charge >= 0.3 is 6.03 Å². The fourth-order valence-electron chi connectivity index (χ4n) is 3.19. The van der Waals surface area contributed by atoms with Crippen LogP contribution in [0.2, 0.25) is 0 Å². The Labute approximate surface area is 124 Å². The first-order chi connectivity index (χ1) is 10.2. The maximum absolute atomic E-state index is 11.6. The number of fused-ring (bicyclic) bond motifs is 1. The van der Waals surface area contributed by atoms with Crippen molar-refractivity contribution in [2.75, 3.05) is 31.1 Å². The summed E-state index contributed by atoms with van der Waals surface area (Å²) < 4.78 is 0. The van der Waals surface area contributed by atoms with E-state index in [1.165, 1.54) is 22.6 Å². The van der Waals surface area contributed by atoms with Crippen molar-refractivity contribution in [3.63, 3.8) is 0 Å². The van der Waals surface area contributed by atoms with Crippen LogP contribution in [-0.2, 0) is 4.79 Å². The van der Waals surface area contributed by atoms with Gasteiger partial charge in [-0.2, -0.15) is 0 Å². The molecule has 1 aromatic rings. The van der Waals surface area contributed by atoms with Gasteiger partial charge < -0.3 is 10.2 Å². The zero-order chi connectivity index (χ0) is 14.8. The Morgan fingerprint density at radius 2 is 2.05 bits per heavy atom. The van der Waals surface area contributed by atoms with E-state index >= 15 is 0 Å². The summed E-state index contributed by atoms with van der Waals surface area (Å²) >= 11 is 0. The summed E-state index contributed by atoms with van der Waals surface area (Å²) in [7, 11) is 0. The van der Waals surface area contributed by atoms with Gasteiger partial charge in [0.1, 0.15) is 0 Å². The molecule has 0 spiro atoms. The summed E-state index contributed by atoms with van der Waals surface area (Å²) in [4.78, 5) is 26.9. The van der Waals surface area contributed by atoms with Gasteiger partial charge in [0.05, 0.1) is 6.54 Å². The summed E-state index contributed by atoms with van der Waals surface area (Å²) in [6.07, 6.45) is 2.31. The second kappa shape index (κ2) is 5.76. The van der Waals surface area contributed by atoms with Crippen molar-refractivity contribution >= 4 is 17.6 Å². The van der Waals surface area contributed by atoms with Crippen LogP contribution < -0.4 is 10.2 Å². The first kappa shape index (κ1) is 13.9. The number of nitrogens with zero attached hydrogens (tertiary/aromatic N) is 2. The quantitative estimate of drug-likeness (QED) is 0.864. The number of amides is 3. The molecule has 112 valence electrons. The summed E-state index contributed by atoms with van der Waals surface area (Å²) in [6.45, 7) is 4.52. The Kier molecular flexibility index (Phi) is 3.82. The van der Waals surface area contributed by atoms with Crippen LogP contribution in [0.1, 0.15) is 31.2 Å². The SMILES string of the molecule is C[C@H]1CCCN(CCN2C(=O)CNC2=O)c2ccccc21. The fraction of sp³-hybridized carbons (Fsp3) is 0.500. The molecular weight excluding hydrogens is 266 g/mol. The standard InChI is InChI=1S/C16H21N3O2/c1-12-5-4-8-18(14-7-3-2-6-13(12)14)9-10-19-15(20)11-17-16(19)21/h2-3,6-7,12H,4-5,8-11H2,1H3,(H,17,21)/t12-/m0/s1. The Morgan fingerprint density at radius 3 is 2.81 bits per heavy atom. The van der Waals surface area contributed by atoms with Crippen LogP contribution in [0.15, 0.2) is 24.3 Å². The zero-order valence-corrected chi connectivity index (χ0v) is 12.3. The van der Waals surface area contributed by atoms with E-state index in [1.807, 2.05) is 0 Å². The number of para-hydroxylation sites is 1. The zero-order valence-electron chi connectivity index (χ0n) is 12.3. The molecule has 2 heterocycles. The van der Waals surface area contributed by atoms with Gasteiger partial charge in [-0.1, -0.05) is 25.1 Å². The van der Waals surface area contributed by atoms with Gasteiger partial charge in [0.15, 0.2) is 0 Å². The van der Waals surface area contributed by atoms with Crippen molar-refractivity contribution in [2.24, 2.45) is 0 Å². The predicted octanol–water partition coefficient (Wildman–Crippen LogP) is 1.94. The van der Waals surface area contributed by atoms with Crippen molar-refractivity contribution < 1.29 is 9.59 Å². The summed E-state index contributed by atoms with van der Waals surface area (Å²) in [5.41, 5.74) is 2.61. The fourth-order valence-corrected chi connectivity index (χ4v) is 3.19. The van der Waals surface area contributed by atoms with Gasteiger partial charge in [-0.05, 0) is 30.4 Å². The van der Waals surface area contributed by atoms with E-state index in [1.54, 1.807) is 0 Å². The highest BCUT2D eigenvalue weighted by atomic mass is 16.2. The minimum atomic E-state index is -0.267. The molecule has 2 aliphatic heterocycles. The third-order valence-electron chi connectivity index (χ3n) is 4.40. The molecule has 5 nitrogen and oxygen atoms in total. The van der Waals surface area contributed by atoms with Crippen LogP contribution in [0.5, 0.6) is 0 Å². The van der Waals surface area contributed by atoms with E-state index in [-0.39, 0.29) is 18.5 Å². The van der Waals surface area contributed by atoms with E-state index < -0.39 is 0 Å². The van der Waals surface area contributed by atoms with E-state index in [9.17, 15) is 9.59 Å². The normalized spacial score (nSPS) is 22.0. The second-order valence-electron chi connectivity index (χ2n) is 5.79. The Morgan fingerprint density at radius 1 is 1.24 bits per heavy atom. The highest BCUT2D eigenvalue weighted by Crippen LogP contribution is 2.33. The molecule has 0 bridgehead atoms. The lowest BCUT2D eigenvalue weighted by Gasteiger charge is -2.27. The number of hydrogen-bond donors (Lipinski definition) is 1. The van der Waals surface area contributed by atoms with Gasteiger partial charge in [-0.3, -0.25) is 9.69 Å². The molecule has 1 saturated heterocycles. The van der Waals surface area contributed by atoms with Gasteiger partial charge in [-0.15, -0.1) is 0 Å². The van der Waals surface area contributed by atoms with Crippen LogP contribution in [0.4, 0.5) is 10.5 Å². The highest BCUT2D eigenvalue weighted by Gasteiger charge is 2.29. The van der Waals surface area contributed by atoms with Crippen LogP contribution in [0, 0.1) is 0 Å². The largest absolute Gasteiger partial charge is 0.370 e. The average Bonchev–Trinajstić information content (AvgIpc) is 2.72. The first-order valence-electron chi connectivity index (χ1n) is 7.59. The van der Waals surface area contributed by atoms with Gasteiger partial charge in [-0.25, -0.2) is 4.79 Å². The number of carbonyl (C=O) groups is 2. The van der Waals surface area contributed by atoms with Crippen LogP contribution in [0.25, 0.3) is 0 Å². The van der Waals surface area contributed by atoms with Crippen molar-refractivity contribution in [3.8, 4) is 0 Å². The number of carbonyl (C=O) groups excluding carboxylic acids is 2. The topological polar surface area (TPSA) is 52.6 Å². The molecule has 21 heavy (non-hydrogen) atoms. The molecule has 0 aromatic heterocycles. The Bertz CT molecular complexity index is 542. The van der Waals surface area contributed by atoms with E-state index in [0.29, 0.717) is 19.0 Å². The minimum absolute atomic E-state index is 0.128. The number of rotatable bonds is 3. The lowest BCUT2D eigenvalue weighted by atomic mass is 9.96. The van der Waals surface area contributed by atoms with Crippen LogP contribution in [0.3, 0.4) is 0 Å². The van der Waals surface area contributed by atoms with Crippen LogP contribution in [-0.4, -0.2) is 43.0 Å². The third kappa shape index (κ3) is 2.73. The molecule has 0 saturated carbocycles. The van der Waals surface area contributed by atoms with Crippen molar-refractivity contribution in [2.45, 2.75) is 25.7 Å². The Balaban J connectivity index is 1.74. The lowest BCUT2D eigenvalue weighted by Crippen LogP contribution is -2.39. The average molecular weight is 287 g/mol. The van der Waals surface area contributed by atoms with E-state index in [0.717, 1.165) is 13.0 Å². The molecule has 0 unspecified atom stereocenters. The number of imide groups is 1.